The fourth-order valence-corrected chi connectivity index (χ4v) is 4.91. The molecule has 1 N–H and O–H groups in total. The molecule has 5 nitrogen and oxygen atoms in total. The first-order chi connectivity index (χ1) is 11.6. The second kappa shape index (κ2) is 5.55. The van der Waals surface area contributed by atoms with Crippen LogP contribution in [0.2, 0.25) is 0 Å². The van der Waals surface area contributed by atoms with E-state index in [4.69, 9.17) is 9.47 Å². The number of methoxy groups -OCH3 is 2. The highest BCUT2D eigenvalue weighted by Crippen LogP contribution is 2.58. The summed E-state index contributed by atoms with van der Waals surface area (Å²) in [4.78, 5) is 12.8. The highest BCUT2D eigenvalue weighted by Gasteiger charge is 2.56. The maximum Gasteiger partial charge on any atom is 0.176 e. The van der Waals surface area contributed by atoms with Crippen LogP contribution in [0.5, 0.6) is 0 Å². The number of hydrogen-bond donors (Lipinski definition) is 1. The Kier molecular flexibility index (Phi) is 3.60. The van der Waals surface area contributed by atoms with Crippen LogP contribution in [-0.2, 0) is 14.3 Å². The first-order valence-corrected chi connectivity index (χ1v) is 8.71. The van der Waals surface area contributed by atoms with E-state index < -0.39 is 5.41 Å². The number of carbonyl (C=O) groups is 1. The van der Waals surface area contributed by atoms with Gasteiger partial charge in [-0.05, 0) is 30.6 Å². The van der Waals surface area contributed by atoms with Crippen molar-refractivity contribution >= 4 is 21.9 Å². The van der Waals surface area contributed by atoms with E-state index in [-0.39, 0.29) is 11.8 Å². The summed E-state index contributed by atoms with van der Waals surface area (Å²) in [5.74, 6) is 1.40. The molecule has 0 fully saturated rings. The number of ketones is 1. The fraction of sp³-hybridized carbons (Fsp3) is 0.389. The van der Waals surface area contributed by atoms with Gasteiger partial charge in [-0.2, -0.15) is 0 Å². The molecular formula is C18H19BrN2O3. The number of carbonyl (C=O) groups excluding carboxylic acids is 1. The molecule has 0 saturated heterocycles. The molecule has 1 spiro atoms. The summed E-state index contributed by atoms with van der Waals surface area (Å²) in [6.07, 6.45) is 12.4. The van der Waals surface area contributed by atoms with Crippen LogP contribution in [0, 0.1) is 5.41 Å². The molecule has 0 bridgehead atoms. The molecule has 2 heterocycles. The minimum atomic E-state index is -0.555. The van der Waals surface area contributed by atoms with Crippen molar-refractivity contribution in [2.75, 3.05) is 14.2 Å². The largest absolute Gasteiger partial charge is 0.493 e. The van der Waals surface area contributed by atoms with Crippen molar-refractivity contribution in [1.82, 2.24) is 9.24 Å². The third-order valence-corrected chi connectivity index (χ3v) is 5.95. The van der Waals surface area contributed by atoms with Crippen LogP contribution in [0.3, 0.4) is 0 Å². The molecule has 4 aliphatic rings. The van der Waals surface area contributed by atoms with Gasteiger partial charge >= 0.3 is 0 Å². The average molecular weight is 391 g/mol. The monoisotopic (exact) mass is 390 g/mol. The molecule has 2 unspecified atom stereocenters. The molecular weight excluding hydrogens is 372 g/mol. The number of allylic oxidation sites excluding steroid dienone is 3. The van der Waals surface area contributed by atoms with Crippen LogP contribution in [0.1, 0.15) is 19.3 Å². The van der Waals surface area contributed by atoms with E-state index >= 15 is 0 Å². The molecule has 2 aliphatic carbocycles. The summed E-state index contributed by atoms with van der Waals surface area (Å²) in [6, 6.07) is -0.366. The number of rotatable bonds is 2. The molecule has 0 aromatic rings. The number of ether oxygens (including phenoxy) is 2. The summed E-state index contributed by atoms with van der Waals surface area (Å²) in [6.45, 7) is 0. The summed E-state index contributed by atoms with van der Waals surface area (Å²) in [5, 5.41) is 3.30. The molecule has 2 atom stereocenters. The van der Waals surface area contributed by atoms with E-state index in [0.717, 1.165) is 24.2 Å². The average Bonchev–Trinajstić information content (AvgIpc) is 2.75. The van der Waals surface area contributed by atoms with Gasteiger partial charge in [-0.15, -0.1) is 0 Å². The lowest BCUT2D eigenvalue weighted by Gasteiger charge is -2.40. The van der Waals surface area contributed by atoms with Crippen LogP contribution in [-0.4, -0.2) is 30.0 Å². The molecule has 0 aromatic carbocycles. The third-order valence-electron chi connectivity index (χ3n) is 5.19. The van der Waals surface area contributed by atoms with E-state index in [0.29, 0.717) is 17.9 Å². The quantitative estimate of drug-likeness (QED) is 0.734. The maximum atomic E-state index is 12.8. The van der Waals surface area contributed by atoms with E-state index in [2.05, 4.69) is 33.6 Å². The van der Waals surface area contributed by atoms with E-state index in [1.165, 1.54) is 5.57 Å². The topological polar surface area (TPSA) is 50.8 Å². The third kappa shape index (κ3) is 1.89. The molecule has 0 amide bonds. The molecule has 126 valence electrons. The van der Waals surface area contributed by atoms with Crippen LogP contribution in [0.15, 0.2) is 59.0 Å². The van der Waals surface area contributed by atoms with Crippen molar-refractivity contribution in [3.8, 4) is 0 Å². The van der Waals surface area contributed by atoms with Crippen molar-refractivity contribution in [2.24, 2.45) is 5.41 Å². The molecule has 0 radical (unpaired) electrons. The van der Waals surface area contributed by atoms with Gasteiger partial charge in [0.2, 0.25) is 0 Å². The van der Waals surface area contributed by atoms with Gasteiger partial charge in [-0.25, -0.2) is 0 Å². The second-order valence-corrected chi connectivity index (χ2v) is 6.95. The van der Waals surface area contributed by atoms with Crippen LogP contribution in [0.4, 0.5) is 0 Å². The Balaban J connectivity index is 2.00. The molecule has 2 aliphatic heterocycles. The zero-order valence-electron chi connectivity index (χ0n) is 13.6. The molecule has 4 rings (SSSR count). The van der Waals surface area contributed by atoms with E-state index in [1.807, 2.05) is 16.1 Å². The predicted molar refractivity (Wildman–Crippen MR) is 93.4 cm³/mol. The Bertz CT molecular complexity index is 762. The Morgan fingerprint density at radius 3 is 2.88 bits per heavy atom. The normalized spacial score (nSPS) is 31.1. The Hall–Kier alpha value is -1.95. The number of hydrogen-bond acceptors (Lipinski definition) is 5. The molecule has 6 heteroatoms. The van der Waals surface area contributed by atoms with Crippen LogP contribution < -0.4 is 5.32 Å². The number of Topliss-reactive ketones (excluding diaryl/α,β-unsaturated/α-hetero) is 1. The van der Waals surface area contributed by atoms with Gasteiger partial charge < -0.3 is 14.8 Å². The van der Waals surface area contributed by atoms with Crippen molar-refractivity contribution < 1.29 is 14.3 Å². The molecule has 0 saturated carbocycles. The summed E-state index contributed by atoms with van der Waals surface area (Å²) >= 11 is 3.70. The lowest BCUT2D eigenvalue weighted by molar-refractivity contribution is -0.122. The molecule has 0 aromatic heterocycles. The smallest absolute Gasteiger partial charge is 0.176 e. The number of halogens is 1. The SMILES string of the molecule is COC1=CNC2C(=O)CC=C3N(Br)C4=C(CCC=C4)C32C=C1OC. The fourth-order valence-electron chi connectivity index (χ4n) is 4.14. The Morgan fingerprint density at radius 2 is 2.12 bits per heavy atom. The summed E-state index contributed by atoms with van der Waals surface area (Å²) < 4.78 is 13.1. The minimum absolute atomic E-state index is 0.170. The number of nitrogens with zero attached hydrogens (tertiary/aromatic N) is 1. The lowest BCUT2D eigenvalue weighted by atomic mass is 9.66. The highest BCUT2D eigenvalue weighted by molar-refractivity contribution is 9.07. The Morgan fingerprint density at radius 1 is 1.33 bits per heavy atom. The first-order valence-electron chi connectivity index (χ1n) is 8.00. The first kappa shape index (κ1) is 15.6. The van der Waals surface area contributed by atoms with Gasteiger partial charge in [0, 0.05) is 18.3 Å². The standard InChI is InChI=1S/C18H19BrN2O3/c1-23-14-9-18-11-5-3-4-6-12(11)21(19)16(18)8-7-13(22)17(18)20-10-15(14)24-2/h4,6,8-10,17,20H,3,5,7H2,1-2H3. The van der Waals surface area contributed by atoms with E-state index in [1.54, 1.807) is 20.4 Å². The van der Waals surface area contributed by atoms with Crippen molar-refractivity contribution in [1.29, 1.82) is 0 Å². The zero-order chi connectivity index (χ0) is 16.9. The summed E-state index contributed by atoms with van der Waals surface area (Å²) in [5.41, 5.74) is 2.86. The van der Waals surface area contributed by atoms with Gasteiger partial charge in [0.15, 0.2) is 17.3 Å². The van der Waals surface area contributed by atoms with Gasteiger partial charge in [-0.3, -0.25) is 8.72 Å². The van der Waals surface area contributed by atoms with Gasteiger partial charge in [0.05, 0.1) is 41.5 Å². The van der Waals surface area contributed by atoms with Crippen molar-refractivity contribution in [3.05, 3.63) is 59.0 Å². The van der Waals surface area contributed by atoms with Crippen LogP contribution >= 0.6 is 16.1 Å². The minimum Gasteiger partial charge on any atom is -0.493 e. The van der Waals surface area contributed by atoms with Crippen molar-refractivity contribution in [2.45, 2.75) is 25.3 Å². The Labute approximate surface area is 149 Å². The lowest BCUT2D eigenvalue weighted by Crippen LogP contribution is -2.51. The molecule has 24 heavy (non-hydrogen) atoms. The van der Waals surface area contributed by atoms with Crippen LogP contribution in [0.25, 0.3) is 0 Å². The van der Waals surface area contributed by atoms with Gasteiger partial charge in [0.1, 0.15) is 6.04 Å². The highest BCUT2D eigenvalue weighted by atomic mass is 79.9. The predicted octanol–water partition coefficient (Wildman–Crippen LogP) is 3.05. The van der Waals surface area contributed by atoms with Gasteiger partial charge in [-0.1, -0.05) is 12.2 Å². The second-order valence-electron chi connectivity index (χ2n) is 6.24. The van der Waals surface area contributed by atoms with Gasteiger partial charge in [0.25, 0.3) is 0 Å². The number of nitrogens with one attached hydrogen (secondary N) is 1. The van der Waals surface area contributed by atoms with Crippen molar-refractivity contribution in [3.63, 3.8) is 0 Å². The summed E-state index contributed by atoms with van der Waals surface area (Å²) in [7, 11) is 3.23. The zero-order valence-corrected chi connectivity index (χ0v) is 15.2. The van der Waals surface area contributed by atoms with E-state index in [9.17, 15) is 4.79 Å². The maximum absolute atomic E-state index is 12.8.